The molecule has 0 aromatic heterocycles. The number of hydrogen-bond donors (Lipinski definition) is 0. The molecule has 15 heavy (non-hydrogen) atoms. The normalized spacial score (nSPS) is 8.87. The molecule has 0 radical (unpaired) electrons. The molecule has 0 aliphatic rings. The Kier molecular flexibility index (Phi) is 3.49. The molecule has 76 valence electrons. The van der Waals surface area contributed by atoms with Crippen LogP contribution in [-0.4, -0.2) is 30.0 Å². The van der Waals surface area contributed by atoms with E-state index in [0.717, 1.165) is 11.0 Å². The zero-order chi connectivity index (χ0) is 11.3. The lowest BCUT2D eigenvalue weighted by molar-refractivity contribution is 0.0838. The fraction of sp³-hybridized carbons (Fsp3) is 0.100. The van der Waals surface area contributed by atoms with Gasteiger partial charge in [0.2, 0.25) is 6.08 Å². The Bertz CT molecular complexity index is 422. The Labute approximate surface area is 86.0 Å². The molecule has 0 saturated heterocycles. The van der Waals surface area contributed by atoms with Gasteiger partial charge in [-0.3, -0.25) is 9.69 Å². The van der Waals surface area contributed by atoms with Crippen LogP contribution in [0, 0.1) is 0 Å². The van der Waals surface area contributed by atoms with E-state index in [-0.39, 0.29) is 0 Å². The molecule has 0 N–H and O–H groups in total. The van der Waals surface area contributed by atoms with E-state index in [4.69, 9.17) is 0 Å². The number of aliphatic imine (C=N–C) groups is 1. The molecule has 5 nitrogen and oxygen atoms in total. The second-order valence-electron chi connectivity index (χ2n) is 2.72. The summed E-state index contributed by atoms with van der Waals surface area (Å²) >= 11 is 0. The van der Waals surface area contributed by atoms with Crippen molar-refractivity contribution in [1.82, 2.24) is 4.90 Å². The lowest BCUT2D eigenvalue weighted by Crippen LogP contribution is -2.30. The Balaban J connectivity index is 2.86. The summed E-state index contributed by atoms with van der Waals surface area (Å²) in [6, 6.07) is 7.30. The Hall–Kier alpha value is -2.26. The summed E-state index contributed by atoms with van der Waals surface area (Å²) in [5.74, 6) is -0.514. The lowest BCUT2D eigenvalue weighted by atomic mass is 10.2. The van der Waals surface area contributed by atoms with Crippen LogP contribution >= 0.6 is 0 Å². The zero-order valence-electron chi connectivity index (χ0n) is 8.01. The van der Waals surface area contributed by atoms with Gasteiger partial charge in [0.05, 0.1) is 0 Å². The van der Waals surface area contributed by atoms with Crippen LogP contribution in [-0.2, 0) is 4.79 Å². The molecule has 0 atom stereocenters. The van der Waals surface area contributed by atoms with Crippen LogP contribution in [0.2, 0.25) is 0 Å². The third kappa shape index (κ3) is 2.59. The van der Waals surface area contributed by atoms with Crippen molar-refractivity contribution in [3.63, 3.8) is 0 Å². The van der Waals surface area contributed by atoms with E-state index in [9.17, 15) is 14.4 Å². The number of carbonyl (C=O) groups is 2. The van der Waals surface area contributed by atoms with E-state index in [1.807, 2.05) is 0 Å². The van der Waals surface area contributed by atoms with Crippen molar-refractivity contribution < 1.29 is 14.4 Å². The second-order valence-corrected chi connectivity index (χ2v) is 2.72. The summed E-state index contributed by atoms with van der Waals surface area (Å²) in [5, 5.41) is 0. The minimum absolute atomic E-state index is 0.356. The minimum Gasteiger partial charge on any atom is -0.269 e. The molecule has 0 aliphatic carbocycles. The number of nitrogens with zero attached hydrogens (tertiary/aromatic N) is 2. The summed E-state index contributed by atoms with van der Waals surface area (Å²) in [6.45, 7) is 0. The summed E-state index contributed by atoms with van der Waals surface area (Å²) in [6.07, 6.45) is 1.09. The van der Waals surface area contributed by atoms with E-state index >= 15 is 0 Å². The van der Waals surface area contributed by atoms with Gasteiger partial charge in [0.15, 0.2) is 0 Å². The van der Waals surface area contributed by atoms with Crippen molar-refractivity contribution in [3.05, 3.63) is 35.9 Å². The van der Waals surface area contributed by atoms with Crippen LogP contribution in [0.1, 0.15) is 10.4 Å². The number of rotatable bonds is 1. The highest BCUT2D eigenvalue weighted by atomic mass is 16.2. The van der Waals surface area contributed by atoms with Gasteiger partial charge in [-0.15, -0.1) is 4.99 Å². The van der Waals surface area contributed by atoms with Gasteiger partial charge >= 0.3 is 6.03 Å². The lowest BCUT2D eigenvalue weighted by Gasteiger charge is -2.10. The van der Waals surface area contributed by atoms with Gasteiger partial charge in [-0.2, -0.15) is 0 Å². The van der Waals surface area contributed by atoms with E-state index in [1.54, 1.807) is 30.3 Å². The van der Waals surface area contributed by atoms with Crippen molar-refractivity contribution in [2.24, 2.45) is 4.99 Å². The van der Waals surface area contributed by atoms with Gasteiger partial charge in [0.25, 0.3) is 5.91 Å². The molecule has 0 saturated carbocycles. The van der Waals surface area contributed by atoms with E-state index in [0.29, 0.717) is 5.56 Å². The summed E-state index contributed by atoms with van der Waals surface area (Å²) in [4.78, 5) is 36.0. The highest BCUT2D eigenvalue weighted by Crippen LogP contribution is 2.03. The van der Waals surface area contributed by atoms with Crippen LogP contribution in [0.15, 0.2) is 35.3 Å². The van der Waals surface area contributed by atoms with Gasteiger partial charge in [-0.25, -0.2) is 9.59 Å². The molecule has 0 aliphatic heterocycles. The smallest absolute Gasteiger partial charge is 0.269 e. The van der Waals surface area contributed by atoms with Crippen LogP contribution < -0.4 is 0 Å². The molecule has 0 heterocycles. The highest BCUT2D eigenvalue weighted by Gasteiger charge is 2.17. The van der Waals surface area contributed by atoms with E-state index in [1.165, 1.54) is 7.05 Å². The second kappa shape index (κ2) is 4.83. The fourth-order valence-corrected chi connectivity index (χ4v) is 0.975. The molecule has 1 rings (SSSR count). The summed E-state index contributed by atoms with van der Waals surface area (Å²) in [7, 11) is 1.25. The first-order chi connectivity index (χ1) is 7.16. The van der Waals surface area contributed by atoms with Crippen LogP contribution in [0.4, 0.5) is 4.79 Å². The van der Waals surface area contributed by atoms with Gasteiger partial charge in [-0.05, 0) is 12.1 Å². The largest absolute Gasteiger partial charge is 0.361 e. The van der Waals surface area contributed by atoms with Crippen molar-refractivity contribution in [2.45, 2.75) is 0 Å². The number of amides is 3. The molecule has 1 aromatic carbocycles. The average molecular weight is 204 g/mol. The number of carbonyl (C=O) groups excluding carboxylic acids is 3. The molecular weight excluding hydrogens is 196 g/mol. The van der Waals surface area contributed by atoms with E-state index in [2.05, 4.69) is 4.99 Å². The van der Waals surface area contributed by atoms with E-state index < -0.39 is 11.9 Å². The fourth-order valence-electron chi connectivity index (χ4n) is 0.975. The van der Waals surface area contributed by atoms with Gasteiger partial charge in [0.1, 0.15) is 0 Å². The van der Waals surface area contributed by atoms with Gasteiger partial charge in [-0.1, -0.05) is 18.2 Å². The molecule has 0 spiro atoms. The molecule has 0 fully saturated rings. The first kappa shape index (κ1) is 10.8. The Morgan fingerprint density at radius 1 is 1.27 bits per heavy atom. The zero-order valence-corrected chi connectivity index (χ0v) is 8.01. The van der Waals surface area contributed by atoms with Crippen molar-refractivity contribution in [3.8, 4) is 0 Å². The summed E-state index contributed by atoms with van der Waals surface area (Å²) < 4.78 is 0. The molecule has 5 heteroatoms. The number of isocyanates is 1. The van der Waals surface area contributed by atoms with Crippen LogP contribution in [0.5, 0.6) is 0 Å². The predicted octanol–water partition coefficient (Wildman–Crippen LogP) is 1.21. The SMILES string of the molecule is CN(C(=O)N=C=O)C(=O)c1ccccc1. The third-order valence-corrected chi connectivity index (χ3v) is 1.75. The maximum Gasteiger partial charge on any atom is 0.361 e. The molecule has 1 aromatic rings. The van der Waals surface area contributed by atoms with Crippen molar-refractivity contribution in [1.29, 1.82) is 0 Å². The number of hydrogen-bond acceptors (Lipinski definition) is 3. The number of imide groups is 1. The van der Waals surface area contributed by atoms with Crippen LogP contribution in [0.3, 0.4) is 0 Å². The summed E-state index contributed by atoms with van der Waals surface area (Å²) in [5.41, 5.74) is 0.356. The average Bonchev–Trinajstić information content (AvgIpc) is 2.28. The molecule has 3 amide bonds. The van der Waals surface area contributed by atoms with Crippen molar-refractivity contribution in [2.75, 3.05) is 7.05 Å². The highest BCUT2D eigenvalue weighted by molar-refractivity contribution is 6.04. The monoisotopic (exact) mass is 204 g/mol. The molecular formula is C10H8N2O3. The maximum atomic E-state index is 11.6. The number of benzene rings is 1. The topological polar surface area (TPSA) is 66.8 Å². The number of urea groups is 1. The van der Waals surface area contributed by atoms with Gasteiger partial charge < -0.3 is 0 Å². The maximum absolute atomic E-state index is 11.6. The Morgan fingerprint density at radius 3 is 2.40 bits per heavy atom. The standard InChI is InChI=1S/C10H8N2O3/c1-12(10(15)11-7-13)9(14)8-5-3-2-4-6-8/h2-6H,1H3. The van der Waals surface area contributed by atoms with Crippen molar-refractivity contribution >= 4 is 18.0 Å². The van der Waals surface area contributed by atoms with Crippen LogP contribution in [0.25, 0.3) is 0 Å². The quantitative estimate of drug-likeness (QED) is 0.510. The molecule has 0 unspecified atom stereocenters. The molecule has 0 bridgehead atoms. The first-order valence-corrected chi connectivity index (χ1v) is 4.11. The third-order valence-electron chi connectivity index (χ3n) is 1.75. The first-order valence-electron chi connectivity index (χ1n) is 4.11. The predicted molar refractivity (Wildman–Crippen MR) is 52.1 cm³/mol. The minimum atomic E-state index is -0.932. The van der Waals surface area contributed by atoms with Gasteiger partial charge in [0, 0.05) is 12.6 Å². The Morgan fingerprint density at radius 2 is 1.87 bits per heavy atom.